The van der Waals surface area contributed by atoms with Crippen LogP contribution in [0, 0.1) is 3.95 Å². The summed E-state index contributed by atoms with van der Waals surface area (Å²) >= 11 is 6.08. The van der Waals surface area contributed by atoms with Gasteiger partial charge in [0.05, 0.1) is 6.42 Å². The summed E-state index contributed by atoms with van der Waals surface area (Å²) in [5.41, 5.74) is 0. The molecule has 0 bridgehead atoms. The van der Waals surface area contributed by atoms with Crippen LogP contribution >= 0.6 is 23.6 Å². The van der Waals surface area contributed by atoms with Crippen LogP contribution in [0.3, 0.4) is 0 Å². The molecule has 0 spiro atoms. The molecule has 1 fully saturated rings. The van der Waals surface area contributed by atoms with E-state index < -0.39 is 6.04 Å². The molecule has 2 N–H and O–H groups in total. The van der Waals surface area contributed by atoms with Crippen molar-refractivity contribution in [1.82, 2.24) is 15.1 Å². The number of likely N-dealkylation sites (N-methyl/N-ethyl adjacent to an activating group) is 1. The third-order valence-electron chi connectivity index (χ3n) is 2.12. The third kappa shape index (κ3) is 1.90. The molecule has 2 heterocycles. The highest BCUT2D eigenvalue weighted by Crippen LogP contribution is 2.18. The third-order valence-corrected chi connectivity index (χ3v) is 3.14. The Kier molecular flexibility index (Phi) is 2.53. The monoisotopic (exact) mass is 244 g/mol. The van der Waals surface area contributed by atoms with Crippen LogP contribution in [0.25, 0.3) is 0 Å². The minimum absolute atomic E-state index is 0.168. The summed E-state index contributed by atoms with van der Waals surface area (Å²) in [6, 6.07) is -0.517. The molecule has 1 aromatic heterocycles. The number of hydrogen-bond donors (Lipinski definition) is 2. The number of amides is 2. The lowest BCUT2D eigenvalue weighted by atomic mass is 10.2. The Morgan fingerprint density at radius 3 is 2.87 bits per heavy atom. The van der Waals surface area contributed by atoms with Gasteiger partial charge in [-0.05, 0) is 12.2 Å². The molecule has 1 atom stereocenters. The highest BCUT2D eigenvalue weighted by Gasteiger charge is 2.36. The minimum Gasteiger partial charge on any atom is -0.348 e. The van der Waals surface area contributed by atoms with Gasteiger partial charge < -0.3 is 5.32 Å². The maximum absolute atomic E-state index is 11.5. The smallest absolute Gasteiger partial charge is 0.251 e. The number of rotatable bonds is 2. The molecule has 0 aliphatic carbocycles. The number of nitrogens with one attached hydrogen (secondary N) is 2. The van der Waals surface area contributed by atoms with Gasteiger partial charge in [-0.15, -0.1) is 5.10 Å². The molecule has 1 aromatic rings. The molecule has 2 rings (SSSR count). The molecule has 0 saturated carbocycles. The molecule has 2 amide bonds. The summed E-state index contributed by atoms with van der Waals surface area (Å²) in [6.45, 7) is 0. The average molecular weight is 244 g/mol. The number of aromatic amines is 1. The molecule has 1 saturated heterocycles. The van der Waals surface area contributed by atoms with Crippen LogP contribution in [-0.2, 0) is 9.59 Å². The van der Waals surface area contributed by atoms with Crippen molar-refractivity contribution >= 4 is 40.5 Å². The Hall–Kier alpha value is -1.28. The fraction of sp³-hybridized carbons (Fsp3) is 0.429. The fourth-order valence-electron chi connectivity index (χ4n) is 1.31. The standard InChI is InChI=1S/C7H8N4O2S2/c1-11-4(12)2-3(5(11)13)8-6-9-10-7(14)15-6/h3H,2H2,1H3,(H,8,9)(H,10,14). The second-order valence-corrected chi connectivity index (χ2v) is 4.78. The second kappa shape index (κ2) is 3.70. The molecule has 1 aliphatic heterocycles. The quantitative estimate of drug-likeness (QED) is 0.580. The van der Waals surface area contributed by atoms with Crippen LogP contribution in [0.1, 0.15) is 6.42 Å². The lowest BCUT2D eigenvalue weighted by Crippen LogP contribution is -2.31. The van der Waals surface area contributed by atoms with Crippen molar-refractivity contribution in [3.63, 3.8) is 0 Å². The van der Waals surface area contributed by atoms with Crippen LogP contribution < -0.4 is 5.32 Å². The summed E-state index contributed by atoms with van der Waals surface area (Å²) in [5.74, 6) is -0.419. The normalized spacial score (nSPS) is 21.1. The van der Waals surface area contributed by atoms with Crippen molar-refractivity contribution in [1.29, 1.82) is 0 Å². The first-order chi connectivity index (χ1) is 7.08. The molecule has 80 valence electrons. The number of hydrogen-bond acceptors (Lipinski definition) is 6. The molecule has 0 radical (unpaired) electrons. The highest BCUT2D eigenvalue weighted by molar-refractivity contribution is 7.73. The van der Waals surface area contributed by atoms with E-state index in [1.54, 1.807) is 0 Å². The van der Waals surface area contributed by atoms with Gasteiger partial charge in [-0.2, -0.15) is 0 Å². The molecule has 15 heavy (non-hydrogen) atoms. The van der Waals surface area contributed by atoms with E-state index in [2.05, 4.69) is 15.5 Å². The zero-order valence-corrected chi connectivity index (χ0v) is 9.44. The minimum atomic E-state index is -0.517. The van der Waals surface area contributed by atoms with Gasteiger partial charge in [-0.25, -0.2) is 0 Å². The van der Waals surface area contributed by atoms with Crippen molar-refractivity contribution in [3.05, 3.63) is 3.95 Å². The Bertz CT molecular complexity index is 466. The van der Waals surface area contributed by atoms with Gasteiger partial charge in [0.1, 0.15) is 6.04 Å². The van der Waals surface area contributed by atoms with Crippen molar-refractivity contribution < 1.29 is 9.59 Å². The van der Waals surface area contributed by atoms with Crippen molar-refractivity contribution in [2.75, 3.05) is 12.4 Å². The van der Waals surface area contributed by atoms with Gasteiger partial charge in [-0.1, -0.05) is 11.3 Å². The van der Waals surface area contributed by atoms with Crippen LogP contribution in [-0.4, -0.2) is 40.0 Å². The van der Waals surface area contributed by atoms with Gasteiger partial charge in [0.25, 0.3) is 5.91 Å². The molecule has 1 unspecified atom stereocenters. The van der Waals surface area contributed by atoms with E-state index in [4.69, 9.17) is 12.2 Å². The maximum atomic E-state index is 11.5. The van der Waals surface area contributed by atoms with E-state index in [1.807, 2.05) is 0 Å². The Balaban J connectivity index is 2.11. The summed E-state index contributed by atoms with van der Waals surface area (Å²) in [4.78, 5) is 23.8. The van der Waals surface area contributed by atoms with Gasteiger partial charge in [0.15, 0.2) is 3.95 Å². The van der Waals surface area contributed by atoms with Crippen LogP contribution in [0.15, 0.2) is 0 Å². The van der Waals surface area contributed by atoms with E-state index in [-0.39, 0.29) is 18.2 Å². The topological polar surface area (TPSA) is 78.1 Å². The summed E-state index contributed by atoms with van der Waals surface area (Å²) in [5, 5.41) is 9.85. The first-order valence-electron chi connectivity index (χ1n) is 4.20. The van der Waals surface area contributed by atoms with Crippen molar-refractivity contribution in [2.45, 2.75) is 12.5 Å². The number of aromatic nitrogens is 2. The number of nitrogens with zero attached hydrogens (tertiary/aromatic N) is 2. The van der Waals surface area contributed by atoms with Crippen LogP contribution in [0.5, 0.6) is 0 Å². The molecule has 1 aliphatic rings. The first-order valence-corrected chi connectivity index (χ1v) is 5.43. The molecule has 6 nitrogen and oxygen atoms in total. The second-order valence-electron chi connectivity index (χ2n) is 3.11. The zero-order valence-electron chi connectivity index (χ0n) is 7.81. The molecular formula is C7H8N4O2S2. The maximum Gasteiger partial charge on any atom is 0.251 e. The number of carbonyl (C=O) groups is 2. The number of H-pyrrole nitrogens is 1. The largest absolute Gasteiger partial charge is 0.348 e. The lowest BCUT2D eigenvalue weighted by Gasteiger charge is -2.08. The molecular weight excluding hydrogens is 236 g/mol. The lowest BCUT2D eigenvalue weighted by molar-refractivity contribution is -0.136. The fourth-order valence-corrected chi connectivity index (χ4v) is 2.15. The predicted molar refractivity (Wildman–Crippen MR) is 57.1 cm³/mol. The van der Waals surface area contributed by atoms with E-state index in [0.29, 0.717) is 9.09 Å². The van der Waals surface area contributed by atoms with Crippen LogP contribution in [0.4, 0.5) is 5.13 Å². The van der Waals surface area contributed by atoms with E-state index in [0.717, 1.165) is 4.90 Å². The zero-order chi connectivity index (χ0) is 11.0. The van der Waals surface area contributed by atoms with Crippen molar-refractivity contribution in [2.24, 2.45) is 0 Å². The van der Waals surface area contributed by atoms with E-state index in [9.17, 15) is 9.59 Å². The van der Waals surface area contributed by atoms with Gasteiger partial charge in [0.2, 0.25) is 11.0 Å². The molecule has 8 heteroatoms. The Morgan fingerprint density at radius 2 is 2.40 bits per heavy atom. The summed E-state index contributed by atoms with van der Waals surface area (Å²) in [6.07, 6.45) is 0.168. The Morgan fingerprint density at radius 1 is 1.67 bits per heavy atom. The van der Waals surface area contributed by atoms with E-state index in [1.165, 1.54) is 18.4 Å². The number of imide groups is 1. The van der Waals surface area contributed by atoms with E-state index >= 15 is 0 Å². The predicted octanol–water partition coefficient (Wildman–Crippen LogP) is 0.370. The number of likely N-dealkylation sites (tertiary alicyclic amines) is 1. The number of carbonyl (C=O) groups excluding carboxylic acids is 2. The van der Waals surface area contributed by atoms with Crippen LogP contribution in [0.2, 0.25) is 0 Å². The average Bonchev–Trinajstić information content (AvgIpc) is 2.68. The molecule has 0 aromatic carbocycles. The summed E-state index contributed by atoms with van der Waals surface area (Å²) < 4.78 is 0.530. The summed E-state index contributed by atoms with van der Waals surface area (Å²) in [7, 11) is 1.47. The Labute approximate surface area is 94.3 Å². The number of anilines is 1. The van der Waals surface area contributed by atoms with Gasteiger partial charge in [-0.3, -0.25) is 19.6 Å². The van der Waals surface area contributed by atoms with Gasteiger partial charge >= 0.3 is 0 Å². The highest BCUT2D eigenvalue weighted by atomic mass is 32.1. The van der Waals surface area contributed by atoms with Crippen molar-refractivity contribution in [3.8, 4) is 0 Å². The first kappa shape index (κ1) is 10.2. The van der Waals surface area contributed by atoms with Gasteiger partial charge in [0, 0.05) is 7.05 Å². The SMILES string of the molecule is CN1C(=O)CC(Nc2n[nH]c(=S)s2)C1=O.